The second kappa shape index (κ2) is 20.2. The van der Waals surface area contributed by atoms with Gasteiger partial charge in [-0.25, -0.2) is 0 Å². The Bertz CT molecular complexity index is 939. The van der Waals surface area contributed by atoms with Crippen LogP contribution < -0.4 is 18.9 Å². The number of para-hydroxylation sites is 1. The van der Waals surface area contributed by atoms with Gasteiger partial charge in [-0.1, -0.05) is 90.7 Å². The van der Waals surface area contributed by atoms with Crippen molar-refractivity contribution in [1.82, 2.24) is 0 Å². The summed E-state index contributed by atoms with van der Waals surface area (Å²) in [4.78, 5) is 13.3. The zero-order chi connectivity index (χ0) is 28.1. The predicted octanol–water partition coefficient (Wildman–Crippen LogP) is 9.39. The maximum Gasteiger partial charge on any atom is 0.166 e. The van der Waals surface area contributed by atoms with Gasteiger partial charge in [0.05, 0.1) is 32.5 Å². The summed E-state index contributed by atoms with van der Waals surface area (Å²) < 4.78 is 24.1. The van der Waals surface area contributed by atoms with Crippen LogP contribution in [0, 0.1) is 0 Å². The van der Waals surface area contributed by atoms with Gasteiger partial charge in [0.25, 0.3) is 0 Å². The molecular formula is C34H52O5. The smallest absolute Gasteiger partial charge is 0.166 e. The summed E-state index contributed by atoms with van der Waals surface area (Å²) in [5.41, 5.74) is 1.59. The Morgan fingerprint density at radius 3 is 1.87 bits per heavy atom. The van der Waals surface area contributed by atoms with Crippen LogP contribution in [0.4, 0.5) is 0 Å². The van der Waals surface area contributed by atoms with E-state index >= 15 is 0 Å². The SMILES string of the molecule is CCCCCCOc1cc(CCC(=O)c2ccccc2OCCCCCC)c(OCCCCCC)c(OC)c1. The van der Waals surface area contributed by atoms with Crippen molar-refractivity contribution in [2.24, 2.45) is 0 Å². The first kappa shape index (κ1) is 32.5. The minimum absolute atomic E-state index is 0.0675. The molecule has 0 aliphatic heterocycles. The van der Waals surface area contributed by atoms with Crippen LogP contribution in [0.1, 0.15) is 120 Å². The van der Waals surface area contributed by atoms with Gasteiger partial charge in [-0.15, -0.1) is 0 Å². The van der Waals surface area contributed by atoms with Gasteiger partial charge in [-0.05, 0) is 43.9 Å². The lowest BCUT2D eigenvalue weighted by molar-refractivity contribution is 0.0978. The summed E-state index contributed by atoms with van der Waals surface area (Å²) in [6, 6.07) is 11.5. The Labute approximate surface area is 237 Å². The molecule has 0 atom stereocenters. The van der Waals surface area contributed by atoms with E-state index in [1.54, 1.807) is 7.11 Å². The number of methoxy groups -OCH3 is 1. The summed E-state index contributed by atoms with van der Waals surface area (Å²) in [6.45, 7) is 8.54. The van der Waals surface area contributed by atoms with Gasteiger partial charge in [-0.3, -0.25) is 4.79 Å². The van der Waals surface area contributed by atoms with Crippen molar-refractivity contribution in [3.63, 3.8) is 0 Å². The maximum atomic E-state index is 13.3. The molecule has 0 saturated carbocycles. The molecule has 0 aliphatic carbocycles. The molecule has 0 unspecified atom stereocenters. The molecule has 0 aromatic heterocycles. The van der Waals surface area contributed by atoms with Gasteiger partial charge in [0.15, 0.2) is 17.3 Å². The van der Waals surface area contributed by atoms with Gasteiger partial charge < -0.3 is 18.9 Å². The number of Topliss-reactive ketones (excluding diaryl/α,β-unsaturated/α-hetero) is 1. The Morgan fingerprint density at radius 2 is 1.26 bits per heavy atom. The second-order valence-electron chi connectivity index (χ2n) is 10.3. The molecule has 39 heavy (non-hydrogen) atoms. The Kier molecular flexibility index (Phi) is 16.9. The zero-order valence-corrected chi connectivity index (χ0v) is 25.0. The number of aryl methyl sites for hydroxylation is 1. The lowest BCUT2D eigenvalue weighted by Gasteiger charge is -2.18. The highest BCUT2D eigenvalue weighted by Gasteiger charge is 2.18. The fourth-order valence-electron chi connectivity index (χ4n) is 4.56. The van der Waals surface area contributed by atoms with E-state index in [0.29, 0.717) is 49.7 Å². The van der Waals surface area contributed by atoms with Crippen LogP contribution in [0.2, 0.25) is 0 Å². The van der Waals surface area contributed by atoms with Crippen LogP contribution >= 0.6 is 0 Å². The largest absolute Gasteiger partial charge is 0.493 e. The summed E-state index contributed by atoms with van der Waals surface area (Å²) in [5.74, 6) is 2.89. The van der Waals surface area contributed by atoms with Crippen molar-refractivity contribution in [3.05, 3.63) is 47.5 Å². The number of carbonyl (C=O) groups is 1. The molecule has 0 saturated heterocycles. The van der Waals surface area contributed by atoms with E-state index in [1.807, 2.05) is 36.4 Å². The Balaban J connectivity index is 2.13. The molecule has 0 heterocycles. The van der Waals surface area contributed by atoms with Crippen LogP contribution in [0.25, 0.3) is 0 Å². The van der Waals surface area contributed by atoms with Crippen molar-refractivity contribution < 1.29 is 23.7 Å². The molecule has 2 rings (SSSR count). The molecule has 0 spiro atoms. The van der Waals surface area contributed by atoms with Crippen LogP contribution in [-0.2, 0) is 6.42 Å². The minimum Gasteiger partial charge on any atom is -0.493 e. The number of rotatable bonds is 23. The highest BCUT2D eigenvalue weighted by atomic mass is 16.5. The van der Waals surface area contributed by atoms with Gasteiger partial charge in [-0.2, -0.15) is 0 Å². The molecule has 0 aliphatic rings. The molecule has 5 nitrogen and oxygen atoms in total. The molecule has 0 fully saturated rings. The summed E-state index contributed by atoms with van der Waals surface area (Å²) in [5, 5.41) is 0. The van der Waals surface area contributed by atoms with Gasteiger partial charge in [0.1, 0.15) is 11.5 Å². The van der Waals surface area contributed by atoms with Crippen molar-refractivity contribution in [2.75, 3.05) is 26.9 Å². The van der Waals surface area contributed by atoms with Crippen molar-refractivity contribution >= 4 is 5.78 Å². The van der Waals surface area contributed by atoms with Gasteiger partial charge in [0.2, 0.25) is 0 Å². The number of hydrogen-bond donors (Lipinski definition) is 0. The van der Waals surface area contributed by atoms with Crippen LogP contribution in [-0.4, -0.2) is 32.7 Å². The lowest BCUT2D eigenvalue weighted by atomic mass is 10.0. The quantitative estimate of drug-likeness (QED) is 0.104. The standard InChI is InChI=1S/C34H52O5/c1-5-8-11-16-23-37-29-26-28(34(33(27-29)36-4)39-25-18-13-10-7-3)21-22-31(35)30-19-14-15-20-32(30)38-24-17-12-9-6-2/h14-15,19-20,26-27H,5-13,16-18,21-25H2,1-4H3. The number of ether oxygens (including phenoxy) is 4. The van der Waals surface area contributed by atoms with E-state index in [9.17, 15) is 4.79 Å². The van der Waals surface area contributed by atoms with Crippen LogP contribution in [0.15, 0.2) is 36.4 Å². The van der Waals surface area contributed by atoms with Gasteiger partial charge >= 0.3 is 0 Å². The van der Waals surface area contributed by atoms with Gasteiger partial charge in [0, 0.05) is 18.1 Å². The molecule has 2 aromatic carbocycles. The van der Waals surface area contributed by atoms with E-state index in [-0.39, 0.29) is 5.78 Å². The summed E-state index contributed by atoms with van der Waals surface area (Å²) in [6.07, 6.45) is 14.6. The Morgan fingerprint density at radius 1 is 0.667 bits per heavy atom. The molecule has 218 valence electrons. The van der Waals surface area contributed by atoms with Crippen molar-refractivity contribution in [2.45, 2.75) is 111 Å². The first-order valence-electron chi connectivity index (χ1n) is 15.4. The number of unbranched alkanes of at least 4 members (excludes halogenated alkanes) is 9. The number of benzene rings is 2. The van der Waals surface area contributed by atoms with Crippen molar-refractivity contribution in [1.29, 1.82) is 0 Å². The highest BCUT2D eigenvalue weighted by Crippen LogP contribution is 2.37. The average molecular weight is 541 g/mol. The summed E-state index contributed by atoms with van der Waals surface area (Å²) in [7, 11) is 1.66. The number of ketones is 1. The molecule has 0 N–H and O–H groups in total. The minimum atomic E-state index is 0.0675. The predicted molar refractivity (Wildman–Crippen MR) is 161 cm³/mol. The molecule has 0 bridgehead atoms. The fourth-order valence-corrected chi connectivity index (χ4v) is 4.56. The molecule has 5 heteroatoms. The van der Waals surface area contributed by atoms with E-state index in [2.05, 4.69) is 20.8 Å². The molecule has 0 amide bonds. The third-order valence-corrected chi connectivity index (χ3v) is 6.90. The monoisotopic (exact) mass is 540 g/mol. The zero-order valence-electron chi connectivity index (χ0n) is 25.0. The number of carbonyl (C=O) groups excluding carboxylic acids is 1. The molecular weight excluding hydrogens is 488 g/mol. The topological polar surface area (TPSA) is 54.0 Å². The molecule has 0 radical (unpaired) electrons. The highest BCUT2D eigenvalue weighted by molar-refractivity contribution is 5.98. The summed E-state index contributed by atoms with van der Waals surface area (Å²) >= 11 is 0. The molecule has 2 aromatic rings. The van der Waals surface area contributed by atoms with E-state index in [0.717, 1.165) is 55.6 Å². The van der Waals surface area contributed by atoms with Crippen LogP contribution in [0.5, 0.6) is 23.0 Å². The third kappa shape index (κ3) is 12.4. The first-order valence-corrected chi connectivity index (χ1v) is 15.4. The van der Waals surface area contributed by atoms with E-state index in [4.69, 9.17) is 18.9 Å². The average Bonchev–Trinajstić information content (AvgIpc) is 2.96. The van der Waals surface area contributed by atoms with E-state index in [1.165, 1.54) is 38.5 Å². The van der Waals surface area contributed by atoms with Crippen molar-refractivity contribution in [3.8, 4) is 23.0 Å². The number of hydrogen-bond acceptors (Lipinski definition) is 5. The Hall–Kier alpha value is -2.69. The first-order chi connectivity index (χ1) is 19.1. The normalized spacial score (nSPS) is 10.9. The third-order valence-electron chi connectivity index (χ3n) is 6.90. The lowest BCUT2D eigenvalue weighted by Crippen LogP contribution is -2.08. The fraction of sp³-hybridized carbons (Fsp3) is 0.618. The second-order valence-corrected chi connectivity index (χ2v) is 10.3. The van der Waals surface area contributed by atoms with E-state index < -0.39 is 0 Å². The maximum absolute atomic E-state index is 13.3. The van der Waals surface area contributed by atoms with Crippen LogP contribution in [0.3, 0.4) is 0 Å².